The van der Waals surface area contributed by atoms with Crippen molar-refractivity contribution >= 4 is 28.9 Å². The molecular formula is C9H21O2PS2Zn. The fraction of sp³-hybridized carbons (Fsp3) is 1.00. The van der Waals surface area contributed by atoms with Crippen LogP contribution in [0.1, 0.15) is 52.4 Å². The molecule has 0 amide bonds. The van der Waals surface area contributed by atoms with Crippen LogP contribution in [0.15, 0.2) is 0 Å². The molecule has 2 N–H and O–H groups in total. The number of unbranched alkanes of at least 4 members (excludes halogenated alkanes) is 2. The summed E-state index contributed by atoms with van der Waals surface area (Å²) in [6, 6.07) is 0. The molecule has 0 radical (unpaired) electrons. The summed E-state index contributed by atoms with van der Waals surface area (Å²) in [5, 5.41) is 0.343. The molecule has 0 saturated carbocycles. The van der Waals surface area contributed by atoms with Crippen molar-refractivity contribution in [3.8, 4) is 0 Å². The molecule has 6 heteroatoms. The third-order valence-corrected chi connectivity index (χ3v) is 5.58. The second kappa shape index (κ2) is 10.7. The molecule has 0 saturated heterocycles. The normalized spacial score (nSPS) is 11.5. The zero-order valence-electron chi connectivity index (χ0n) is 9.69. The molecule has 0 aromatic rings. The van der Waals surface area contributed by atoms with Crippen molar-refractivity contribution in [1.82, 2.24) is 0 Å². The second-order valence-corrected chi connectivity index (χ2v) is 9.74. The van der Waals surface area contributed by atoms with Gasteiger partial charge in [-0.05, 0) is 24.6 Å². The Morgan fingerprint density at radius 3 is 1.80 bits per heavy atom. The molecule has 0 fully saturated rings. The van der Waals surface area contributed by atoms with E-state index in [1.165, 1.54) is 11.4 Å². The van der Waals surface area contributed by atoms with Gasteiger partial charge < -0.3 is 9.79 Å². The van der Waals surface area contributed by atoms with E-state index in [4.69, 9.17) is 0 Å². The molecule has 0 aromatic heterocycles. The minimum absolute atomic E-state index is 0. The summed E-state index contributed by atoms with van der Waals surface area (Å²) in [4.78, 5) is 18.5. The zero-order chi connectivity index (χ0) is 11.0. The Bertz CT molecular complexity index is 179. The first kappa shape index (κ1) is 18.9. The third kappa shape index (κ3) is 13.5. The maximum absolute atomic E-state index is 9.23. The van der Waals surface area contributed by atoms with Gasteiger partial charge in [-0.15, -0.1) is 0 Å². The molecule has 0 spiro atoms. The average Bonchev–Trinajstić information content (AvgIpc) is 2.07. The van der Waals surface area contributed by atoms with Crippen molar-refractivity contribution in [1.29, 1.82) is 0 Å². The largest absolute Gasteiger partial charge is 0.338 e. The zero-order valence-corrected chi connectivity index (χ0v) is 15.2. The molecule has 0 aromatic carbocycles. The first-order valence-electron chi connectivity index (χ1n) is 5.23. The summed E-state index contributed by atoms with van der Waals surface area (Å²) in [7, 11) is 0. The maximum Gasteiger partial charge on any atom is 0.242 e. The molecule has 0 aliphatic heterocycles. The van der Waals surface area contributed by atoms with Crippen molar-refractivity contribution in [2.24, 2.45) is 0 Å². The van der Waals surface area contributed by atoms with E-state index in [1.807, 2.05) is 0 Å². The number of hydrogen-bond donors (Lipinski definition) is 2. The molecule has 88 valence electrons. The fourth-order valence-electron chi connectivity index (χ4n) is 1.31. The smallest absolute Gasteiger partial charge is 0.242 e. The van der Waals surface area contributed by atoms with Crippen LogP contribution in [0, 0.1) is 0 Å². The van der Waals surface area contributed by atoms with E-state index in [-0.39, 0.29) is 19.5 Å². The van der Waals surface area contributed by atoms with Gasteiger partial charge in [-0.1, -0.05) is 50.9 Å². The Labute approximate surface area is 115 Å². The molecule has 0 heterocycles. The van der Waals surface area contributed by atoms with Crippen molar-refractivity contribution < 1.29 is 29.3 Å². The average molecular weight is 322 g/mol. The van der Waals surface area contributed by atoms with Crippen LogP contribution in [0.2, 0.25) is 0 Å². The summed E-state index contributed by atoms with van der Waals surface area (Å²) in [5.74, 6) is 0. The minimum atomic E-state index is -3.05. The van der Waals surface area contributed by atoms with Gasteiger partial charge in [0.2, 0.25) is 5.69 Å². The first-order valence-corrected chi connectivity index (χ1v) is 9.42. The van der Waals surface area contributed by atoms with Crippen LogP contribution in [0.3, 0.4) is 0 Å². The molecule has 0 aliphatic rings. The monoisotopic (exact) mass is 320 g/mol. The molecular weight excluding hydrogens is 301 g/mol. The molecule has 2 nitrogen and oxygen atoms in total. The fourth-order valence-corrected chi connectivity index (χ4v) is 5.13. The number of hydrogen-bond acceptors (Lipinski definition) is 2. The van der Waals surface area contributed by atoms with Gasteiger partial charge in [0, 0.05) is 24.7 Å². The molecule has 0 bridgehead atoms. The van der Waals surface area contributed by atoms with Crippen LogP contribution in [0.25, 0.3) is 0 Å². The van der Waals surface area contributed by atoms with Crippen LogP contribution >= 0.6 is 17.1 Å². The molecule has 0 unspecified atom stereocenters. The van der Waals surface area contributed by atoms with E-state index in [2.05, 4.69) is 25.7 Å². The molecule has 0 rings (SSSR count). The Balaban J connectivity index is 0. The minimum Gasteiger partial charge on any atom is -0.338 e. The van der Waals surface area contributed by atoms with Crippen LogP contribution in [-0.2, 0) is 31.3 Å². The maximum atomic E-state index is 9.23. The summed E-state index contributed by atoms with van der Waals surface area (Å²) < 4.78 is 0. The van der Waals surface area contributed by atoms with Crippen molar-refractivity contribution in [2.45, 2.75) is 57.6 Å². The van der Waals surface area contributed by atoms with Crippen LogP contribution in [0.5, 0.6) is 0 Å². The van der Waals surface area contributed by atoms with E-state index in [9.17, 15) is 9.79 Å². The van der Waals surface area contributed by atoms with Gasteiger partial charge in [0.1, 0.15) is 0 Å². The number of rotatable bonds is 8. The topological polar surface area (TPSA) is 40.5 Å². The first-order chi connectivity index (χ1) is 6.49. The van der Waals surface area contributed by atoms with E-state index in [1.54, 1.807) is 0 Å². The van der Waals surface area contributed by atoms with Crippen LogP contribution in [-0.4, -0.2) is 15.0 Å². The van der Waals surface area contributed by atoms with Gasteiger partial charge >= 0.3 is 0 Å². The Morgan fingerprint density at radius 1 is 1.13 bits per heavy atom. The van der Waals surface area contributed by atoms with E-state index in [0.717, 1.165) is 38.5 Å². The van der Waals surface area contributed by atoms with Gasteiger partial charge in [-0.25, -0.2) is 0 Å². The molecule has 0 atom stereocenters. The second-order valence-electron chi connectivity index (χ2n) is 3.50. The summed E-state index contributed by atoms with van der Waals surface area (Å²) in [5.41, 5.74) is -3.05. The van der Waals surface area contributed by atoms with E-state index >= 15 is 0 Å². The van der Waals surface area contributed by atoms with Crippen molar-refractivity contribution in [3.05, 3.63) is 0 Å². The molecule has 0 aliphatic carbocycles. The van der Waals surface area contributed by atoms with Gasteiger partial charge in [0.25, 0.3) is 0 Å². The van der Waals surface area contributed by atoms with Crippen molar-refractivity contribution in [2.75, 3.05) is 0 Å². The third-order valence-electron chi connectivity index (χ3n) is 2.05. The van der Waals surface area contributed by atoms with Crippen molar-refractivity contribution in [3.63, 3.8) is 0 Å². The summed E-state index contributed by atoms with van der Waals surface area (Å²) in [6.45, 7) is 4.30. The Kier molecular flexibility index (Phi) is 13.5. The van der Waals surface area contributed by atoms with Crippen LogP contribution in [0.4, 0.5) is 0 Å². The quantitative estimate of drug-likeness (QED) is 0.528. The summed E-state index contributed by atoms with van der Waals surface area (Å²) >= 11 is 5.87. The van der Waals surface area contributed by atoms with Gasteiger partial charge in [-0.3, -0.25) is 0 Å². The summed E-state index contributed by atoms with van der Waals surface area (Å²) in [6.07, 6.45) is 6.72. The van der Waals surface area contributed by atoms with E-state index < -0.39 is 5.69 Å². The van der Waals surface area contributed by atoms with Gasteiger partial charge in [0.15, 0.2) is 0 Å². The SMILES string of the molecule is CCCCC(CCCC)SP(O)(O)=S.[Zn]. The Hall–Kier alpha value is 1.54. The molecule has 15 heavy (non-hydrogen) atoms. The predicted octanol–water partition coefficient (Wildman–Crippen LogP) is 3.68. The standard InChI is InChI=1S/C9H21O2PS2.Zn/c1-3-5-7-9(8-6-4-2)14-12(10,11)13;/h9H,3-8H2,1-2H3,(H2,10,11,13);. The van der Waals surface area contributed by atoms with Crippen LogP contribution < -0.4 is 0 Å². The predicted molar refractivity (Wildman–Crippen MR) is 69.2 cm³/mol. The van der Waals surface area contributed by atoms with E-state index in [0.29, 0.717) is 5.25 Å². The Morgan fingerprint density at radius 2 is 1.53 bits per heavy atom. The van der Waals surface area contributed by atoms with Gasteiger partial charge in [-0.2, -0.15) is 0 Å². The van der Waals surface area contributed by atoms with Gasteiger partial charge in [0.05, 0.1) is 0 Å².